The number of thioether (sulfide) groups is 1. The maximum atomic E-state index is 9.14. The molecule has 1 N–H and O–H groups in total. The van der Waals surface area contributed by atoms with E-state index in [0.717, 1.165) is 0 Å². The summed E-state index contributed by atoms with van der Waals surface area (Å²) >= 11 is 1.86. The Bertz CT molecular complexity index is 283. The normalized spacial score (nSPS) is 13.2. The zero-order chi connectivity index (χ0) is 10.6. The molecular formula is C12H18OS. The Morgan fingerprint density at radius 3 is 2.43 bits per heavy atom. The zero-order valence-electron chi connectivity index (χ0n) is 9.03. The van der Waals surface area contributed by atoms with Crippen molar-refractivity contribution < 1.29 is 5.11 Å². The number of rotatable bonds is 4. The van der Waals surface area contributed by atoms with E-state index in [1.165, 1.54) is 10.5 Å². The van der Waals surface area contributed by atoms with E-state index in [0.29, 0.717) is 5.25 Å². The minimum atomic E-state index is 0.218. The van der Waals surface area contributed by atoms with Crippen LogP contribution < -0.4 is 0 Å². The second-order valence-corrected chi connectivity index (χ2v) is 5.41. The second-order valence-electron chi connectivity index (χ2n) is 3.79. The predicted molar refractivity (Wildman–Crippen MR) is 62.9 cm³/mol. The van der Waals surface area contributed by atoms with Crippen LogP contribution in [-0.4, -0.2) is 17.0 Å². The van der Waals surface area contributed by atoms with Gasteiger partial charge in [0.15, 0.2) is 0 Å². The van der Waals surface area contributed by atoms with Crippen molar-refractivity contribution in [3.8, 4) is 0 Å². The molecule has 2 heteroatoms. The molecule has 1 rings (SSSR count). The van der Waals surface area contributed by atoms with Gasteiger partial charge in [0.05, 0.1) is 0 Å². The standard InChI is InChI=1S/C12H18OS/c1-9(2)14-12-7-5-4-6-11(12)10(3)8-13/h4-7,9-10,13H,8H2,1-3H3. The van der Waals surface area contributed by atoms with Crippen molar-refractivity contribution in [2.45, 2.75) is 36.8 Å². The van der Waals surface area contributed by atoms with Crippen LogP contribution in [0.5, 0.6) is 0 Å². The van der Waals surface area contributed by atoms with Crippen LogP contribution in [0, 0.1) is 0 Å². The molecule has 14 heavy (non-hydrogen) atoms. The van der Waals surface area contributed by atoms with Crippen LogP contribution in [0.1, 0.15) is 32.3 Å². The maximum Gasteiger partial charge on any atom is 0.0497 e. The first-order chi connectivity index (χ1) is 6.65. The Balaban J connectivity index is 2.91. The number of aliphatic hydroxyl groups excluding tert-OH is 1. The number of aliphatic hydroxyl groups is 1. The third-order valence-electron chi connectivity index (χ3n) is 2.09. The van der Waals surface area contributed by atoms with Gasteiger partial charge in [0.1, 0.15) is 0 Å². The highest BCUT2D eigenvalue weighted by molar-refractivity contribution is 8.00. The lowest BCUT2D eigenvalue weighted by Crippen LogP contribution is -2.01. The van der Waals surface area contributed by atoms with Crippen LogP contribution >= 0.6 is 11.8 Å². The molecule has 0 radical (unpaired) electrons. The summed E-state index contributed by atoms with van der Waals surface area (Å²) in [7, 11) is 0. The Morgan fingerprint density at radius 1 is 1.21 bits per heavy atom. The van der Waals surface area contributed by atoms with Gasteiger partial charge in [0.25, 0.3) is 0 Å². The van der Waals surface area contributed by atoms with Gasteiger partial charge in [-0.3, -0.25) is 0 Å². The van der Waals surface area contributed by atoms with E-state index in [1.54, 1.807) is 0 Å². The lowest BCUT2D eigenvalue weighted by atomic mass is 10.0. The van der Waals surface area contributed by atoms with E-state index in [-0.39, 0.29) is 12.5 Å². The van der Waals surface area contributed by atoms with Gasteiger partial charge in [-0.2, -0.15) is 0 Å². The summed E-state index contributed by atoms with van der Waals surface area (Å²) in [6.07, 6.45) is 0. The van der Waals surface area contributed by atoms with Crippen molar-refractivity contribution in [1.82, 2.24) is 0 Å². The molecule has 0 amide bonds. The van der Waals surface area contributed by atoms with Crippen molar-refractivity contribution in [3.63, 3.8) is 0 Å². The Kier molecular flexibility index (Phi) is 4.49. The highest BCUT2D eigenvalue weighted by Crippen LogP contribution is 2.30. The van der Waals surface area contributed by atoms with Crippen LogP contribution in [-0.2, 0) is 0 Å². The van der Waals surface area contributed by atoms with E-state index in [9.17, 15) is 0 Å². The Morgan fingerprint density at radius 2 is 1.86 bits per heavy atom. The third kappa shape index (κ3) is 3.03. The van der Waals surface area contributed by atoms with Crippen molar-refractivity contribution in [2.75, 3.05) is 6.61 Å². The lowest BCUT2D eigenvalue weighted by Gasteiger charge is -2.15. The average molecular weight is 210 g/mol. The highest BCUT2D eigenvalue weighted by Gasteiger charge is 2.10. The van der Waals surface area contributed by atoms with Gasteiger partial charge in [-0.05, 0) is 11.6 Å². The number of hydrogen-bond acceptors (Lipinski definition) is 2. The first-order valence-electron chi connectivity index (χ1n) is 5.01. The predicted octanol–water partition coefficient (Wildman–Crippen LogP) is 3.28. The van der Waals surface area contributed by atoms with Crippen LogP contribution in [0.2, 0.25) is 0 Å². The summed E-state index contributed by atoms with van der Waals surface area (Å²) in [5, 5.41) is 9.72. The molecule has 0 bridgehead atoms. The van der Waals surface area contributed by atoms with Gasteiger partial charge in [0, 0.05) is 22.7 Å². The Labute approximate surface area is 90.5 Å². The van der Waals surface area contributed by atoms with E-state index in [4.69, 9.17) is 5.11 Å². The maximum absolute atomic E-state index is 9.14. The average Bonchev–Trinajstić information content (AvgIpc) is 2.16. The first kappa shape index (κ1) is 11.6. The molecule has 0 fully saturated rings. The summed E-state index contributed by atoms with van der Waals surface area (Å²) in [6.45, 7) is 6.64. The van der Waals surface area contributed by atoms with Gasteiger partial charge in [-0.15, -0.1) is 11.8 Å². The Hall–Kier alpha value is -0.470. The number of hydrogen-bond donors (Lipinski definition) is 1. The SMILES string of the molecule is CC(C)Sc1ccccc1C(C)CO. The van der Waals surface area contributed by atoms with Crippen molar-refractivity contribution in [3.05, 3.63) is 29.8 Å². The van der Waals surface area contributed by atoms with Gasteiger partial charge in [-0.25, -0.2) is 0 Å². The van der Waals surface area contributed by atoms with E-state index >= 15 is 0 Å². The van der Waals surface area contributed by atoms with Gasteiger partial charge < -0.3 is 5.11 Å². The summed E-state index contributed by atoms with van der Waals surface area (Å²) in [5.41, 5.74) is 1.26. The molecule has 0 spiro atoms. The fraction of sp³-hybridized carbons (Fsp3) is 0.500. The molecule has 0 aliphatic carbocycles. The summed E-state index contributed by atoms with van der Waals surface area (Å²) < 4.78 is 0. The largest absolute Gasteiger partial charge is 0.396 e. The lowest BCUT2D eigenvalue weighted by molar-refractivity contribution is 0.272. The molecule has 0 aromatic heterocycles. The smallest absolute Gasteiger partial charge is 0.0497 e. The fourth-order valence-electron chi connectivity index (χ4n) is 1.35. The van der Waals surface area contributed by atoms with Crippen molar-refractivity contribution in [1.29, 1.82) is 0 Å². The molecule has 0 aliphatic rings. The summed E-state index contributed by atoms with van der Waals surface area (Å²) in [5.74, 6) is 0.234. The highest BCUT2D eigenvalue weighted by atomic mass is 32.2. The molecule has 0 saturated heterocycles. The van der Waals surface area contributed by atoms with E-state index in [2.05, 4.69) is 39.0 Å². The summed E-state index contributed by atoms with van der Waals surface area (Å²) in [6, 6.07) is 8.32. The molecule has 0 aliphatic heterocycles. The second kappa shape index (κ2) is 5.42. The van der Waals surface area contributed by atoms with Crippen LogP contribution in [0.25, 0.3) is 0 Å². The topological polar surface area (TPSA) is 20.2 Å². The van der Waals surface area contributed by atoms with E-state index in [1.807, 2.05) is 17.8 Å². The monoisotopic (exact) mass is 210 g/mol. The van der Waals surface area contributed by atoms with Gasteiger partial charge in [0.2, 0.25) is 0 Å². The minimum Gasteiger partial charge on any atom is -0.396 e. The van der Waals surface area contributed by atoms with Crippen molar-refractivity contribution >= 4 is 11.8 Å². The van der Waals surface area contributed by atoms with E-state index < -0.39 is 0 Å². The molecule has 1 nitrogen and oxygen atoms in total. The van der Waals surface area contributed by atoms with Crippen LogP contribution in [0.4, 0.5) is 0 Å². The van der Waals surface area contributed by atoms with Gasteiger partial charge in [-0.1, -0.05) is 39.0 Å². The van der Waals surface area contributed by atoms with Crippen LogP contribution in [0.3, 0.4) is 0 Å². The third-order valence-corrected chi connectivity index (χ3v) is 3.18. The molecule has 1 aromatic carbocycles. The van der Waals surface area contributed by atoms with Crippen molar-refractivity contribution in [2.24, 2.45) is 0 Å². The fourth-order valence-corrected chi connectivity index (χ4v) is 2.42. The molecule has 0 heterocycles. The number of benzene rings is 1. The molecule has 1 atom stereocenters. The van der Waals surface area contributed by atoms with Gasteiger partial charge >= 0.3 is 0 Å². The molecule has 1 aromatic rings. The molecule has 78 valence electrons. The molecular weight excluding hydrogens is 192 g/mol. The minimum absolute atomic E-state index is 0.218. The quantitative estimate of drug-likeness (QED) is 0.770. The van der Waals surface area contributed by atoms with Crippen LogP contribution in [0.15, 0.2) is 29.2 Å². The zero-order valence-corrected chi connectivity index (χ0v) is 9.84. The first-order valence-corrected chi connectivity index (χ1v) is 5.89. The summed E-state index contributed by atoms with van der Waals surface area (Å²) in [4.78, 5) is 1.30. The molecule has 0 saturated carbocycles. The molecule has 1 unspecified atom stereocenters.